The van der Waals surface area contributed by atoms with Gasteiger partial charge in [-0.3, -0.25) is 14.6 Å². The van der Waals surface area contributed by atoms with Gasteiger partial charge in [-0.1, -0.05) is 24.3 Å². The molecule has 0 unspecified atom stereocenters. The fraction of sp³-hybridized carbons (Fsp3) is 0.107. The van der Waals surface area contributed by atoms with Crippen molar-refractivity contribution in [1.29, 1.82) is 0 Å². The summed E-state index contributed by atoms with van der Waals surface area (Å²) in [6.45, 7) is 0. The van der Waals surface area contributed by atoms with Crippen LogP contribution in [0.3, 0.4) is 0 Å². The molecule has 7 heteroatoms. The molecule has 1 atom stereocenters. The van der Waals surface area contributed by atoms with Crippen LogP contribution >= 0.6 is 0 Å². The van der Waals surface area contributed by atoms with E-state index in [0.29, 0.717) is 33.9 Å². The second-order valence-electron chi connectivity index (χ2n) is 8.37. The lowest BCUT2D eigenvalue weighted by Crippen LogP contribution is -2.21. The number of Topliss-reactive ketones (excluding diaryl/α,β-unsaturated/α-hetero) is 1. The van der Waals surface area contributed by atoms with E-state index >= 15 is 0 Å². The van der Waals surface area contributed by atoms with E-state index in [4.69, 9.17) is 14.2 Å². The highest BCUT2D eigenvalue weighted by atomic mass is 16.5. The first kappa shape index (κ1) is 20.9. The monoisotopic (exact) mass is 465 g/mol. The number of fused-ring (bicyclic) bond motifs is 4. The van der Waals surface area contributed by atoms with E-state index in [1.165, 1.54) is 13.2 Å². The van der Waals surface area contributed by atoms with Crippen molar-refractivity contribution in [3.63, 3.8) is 0 Å². The molecule has 0 bridgehead atoms. The second-order valence-corrected chi connectivity index (χ2v) is 8.37. The molecular weight excluding hydrogens is 446 g/mol. The topological polar surface area (TPSA) is 95.0 Å². The van der Waals surface area contributed by atoms with Gasteiger partial charge in [0.15, 0.2) is 17.3 Å². The fourth-order valence-electron chi connectivity index (χ4n) is 4.74. The van der Waals surface area contributed by atoms with Crippen molar-refractivity contribution in [3.8, 4) is 23.0 Å². The van der Waals surface area contributed by atoms with E-state index in [1.807, 2.05) is 30.3 Å². The molecule has 1 aromatic heterocycles. The summed E-state index contributed by atoms with van der Waals surface area (Å²) in [5.41, 5.74) is 3.36. The van der Waals surface area contributed by atoms with Gasteiger partial charge in [0.1, 0.15) is 11.5 Å². The summed E-state index contributed by atoms with van der Waals surface area (Å²) in [6, 6.07) is 17.7. The molecule has 0 saturated heterocycles. The molecule has 3 aromatic carbocycles. The minimum Gasteiger partial charge on any atom is -0.504 e. The molecule has 0 radical (unpaired) electrons. The van der Waals surface area contributed by atoms with Gasteiger partial charge in [-0.05, 0) is 53.6 Å². The van der Waals surface area contributed by atoms with Crippen LogP contribution in [0.1, 0.15) is 39.4 Å². The van der Waals surface area contributed by atoms with Crippen LogP contribution in [0.5, 0.6) is 23.0 Å². The van der Waals surface area contributed by atoms with Crippen LogP contribution in [-0.4, -0.2) is 29.0 Å². The van der Waals surface area contributed by atoms with Gasteiger partial charge in [-0.25, -0.2) is 0 Å². The first-order chi connectivity index (χ1) is 17.0. The van der Waals surface area contributed by atoms with Gasteiger partial charge in [0.05, 0.1) is 24.6 Å². The number of benzene rings is 3. The highest BCUT2D eigenvalue weighted by Crippen LogP contribution is 2.49. The summed E-state index contributed by atoms with van der Waals surface area (Å²) < 4.78 is 16.7. The molecular formula is C28H19NO6. The Bertz CT molecular complexity index is 1570. The van der Waals surface area contributed by atoms with Crippen LogP contribution in [-0.2, 0) is 4.79 Å². The molecule has 2 aliphatic rings. The van der Waals surface area contributed by atoms with Crippen molar-refractivity contribution in [3.05, 3.63) is 94.9 Å². The van der Waals surface area contributed by atoms with Crippen molar-refractivity contribution < 1.29 is 28.9 Å². The molecule has 0 fully saturated rings. The highest BCUT2D eigenvalue weighted by Gasteiger charge is 2.39. The van der Waals surface area contributed by atoms with Gasteiger partial charge in [0.25, 0.3) is 0 Å². The van der Waals surface area contributed by atoms with Gasteiger partial charge < -0.3 is 19.3 Å². The van der Waals surface area contributed by atoms with Crippen LogP contribution in [0.4, 0.5) is 0 Å². The normalized spacial score (nSPS) is 17.6. The van der Waals surface area contributed by atoms with Gasteiger partial charge in [0.2, 0.25) is 5.78 Å². The lowest BCUT2D eigenvalue weighted by Gasteiger charge is -2.27. The molecule has 1 N–H and O–H groups in total. The van der Waals surface area contributed by atoms with Gasteiger partial charge >= 0.3 is 5.97 Å². The Morgan fingerprint density at radius 3 is 2.74 bits per heavy atom. The molecule has 0 spiro atoms. The number of methoxy groups -OCH3 is 1. The average molecular weight is 465 g/mol. The van der Waals surface area contributed by atoms with E-state index in [0.717, 1.165) is 16.5 Å². The number of rotatable bonds is 3. The van der Waals surface area contributed by atoms with Crippen molar-refractivity contribution >= 4 is 28.7 Å². The Labute approximate surface area is 200 Å². The zero-order valence-electron chi connectivity index (χ0n) is 18.6. The SMILES string of the molecule is COc1ccc(/C=C2\Oc3c(ccc4c3[C@@H](c3ccnc5ccccc35)CC(=O)O4)C2=O)cc1O. The Morgan fingerprint density at radius 2 is 1.91 bits per heavy atom. The van der Waals surface area contributed by atoms with Crippen molar-refractivity contribution in [2.75, 3.05) is 7.11 Å². The van der Waals surface area contributed by atoms with Crippen LogP contribution in [0.2, 0.25) is 0 Å². The van der Waals surface area contributed by atoms with E-state index in [9.17, 15) is 14.7 Å². The van der Waals surface area contributed by atoms with E-state index < -0.39 is 0 Å². The summed E-state index contributed by atoms with van der Waals surface area (Å²) in [7, 11) is 1.46. The summed E-state index contributed by atoms with van der Waals surface area (Å²) in [5, 5.41) is 11.0. The smallest absolute Gasteiger partial charge is 0.312 e. The lowest BCUT2D eigenvalue weighted by molar-refractivity contribution is -0.135. The molecule has 0 amide bonds. The van der Waals surface area contributed by atoms with Crippen LogP contribution in [0.15, 0.2) is 72.6 Å². The van der Waals surface area contributed by atoms with Crippen LogP contribution < -0.4 is 14.2 Å². The first-order valence-electron chi connectivity index (χ1n) is 11.1. The highest BCUT2D eigenvalue weighted by molar-refractivity contribution is 6.15. The Hall–Kier alpha value is -4.65. The van der Waals surface area contributed by atoms with E-state index in [1.54, 1.807) is 36.5 Å². The number of carbonyl (C=O) groups excluding carboxylic acids is 2. The number of hydrogen-bond donors (Lipinski definition) is 1. The molecule has 7 nitrogen and oxygen atoms in total. The predicted octanol–water partition coefficient (Wildman–Crippen LogP) is 5.01. The third kappa shape index (κ3) is 3.40. The van der Waals surface area contributed by atoms with Gasteiger partial charge in [-0.15, -0.1) is 0 Å². The number of pyridine rings is 1. The van der Waals surface area contributed by atoms with Crippen molar-refractivity contribution in [2.24, 2.45) is 0 Å². The molecule has 0 saturated carbocycles. The largest absolute Gasteiger partial charge is 0.504 e. The zero-order chi connectivity index (χ0) is 24.1. The lowest BCUT2D eigenvalue weighted by atomic mass is 9.83. The number of nitrogens with zero attached hydrogens (tertiary/aromatic N) is 1. The Morgan fingerprint density at radius 1 is 1.06 bits per heavy atom. The summed E-state index contributed by atoms with van der Waals surface area (Å²) in [4.78, 5) is 30.2. The maximum absolute atomic E-state index is 13.2. The molecule has 4 aromatic rings. The Kier molecular flexibility index (Phi) is 4.77. The Balaban J connectivity index is 1.48. The fourth-order valence-corrected chi connectivity index (χ4v) is 4.74. The third-order valence-electron chi connectivity index (χ3n) is 6.34. The molecule has 172 valence electrons. The molecule has 3 heterocycles. The number of aromatic nitrogens is 1. The predicted molar refractivity (Wildman–Crippen MR) is 128 cm³/mol. The number of phenols is 1. The van der Waals surface area contributed by atoms with E-state index in [2.05, 4.69) is 4.98 Å². The number of carbonyl (C=O) groups is 2. The first-order valence-corrected chi connectivity index (χ1v) is 11.1. The molecule has 2 aliphatic heterocycles. The quantitative estimate of drug-likeness (QED) is 0.258. The van der Waals surface area contributed by atoms with Gasteiger partial charge in [0, 0.05) is 23.1 Å². The number of aromatic hydroxyl groups is 1. The van der Waals surface area contributed by atoms with Crippen molar-refractivity contribution in [1.82, 2.24) is 4.98 Å². The standard InChI is InChI=1S/C28H19NO6/c1-33-22-8-6-15(12-21(22)30)13-24-27(32)18-7-9-23-26(28(18)35-24)19(14-25(31)34-23)16-10-11-29-20-5-3-2-4-17(16)20/h2-13,19,30H,14H2,1H3/b24-13-/t19-/m1/s1. The number of ketones is 1. The number of phenolic OH excluding ortho intramolecular Hbond substituents is 1. The van der Waals surface area contributed by atoms with Gasteiger partial charge in [-0.2, -0.15) is 0 Å². The summed E-state index contributed by atoms with van der Waals surface area (Å²) in [5.74, 6) is 0.165. The molecule has 6 rings (SSSR count). The molecule has 0 aliphatic carbocycles. The average Bonchev–Trinajstić information content (AvgIpc) is 3.18. The van der Waals surface area contributed by atoms with E-state index in [-0.39, 0.29) is 35.6 Å². The van der Waals surface area contributed by atoms with Crippen molar-refractivity contribution in [2.45, 2.75) is 12.3 Å². The minimum absolute atomic E-state index is 0.0428. The maximum atomic E-state index is 13.2. The summed E-state index contributed by atoms with van der Waals surface area (Å²) in [6.07, 6.45) is 3.40. The third-order valence-corrected chi connectivity index (χ3v) is 6.34. The maximum Gasteiger partial charge on any atom is 0.312 e. The number of ether oxygens (including phenoxy) is 3. The van der Waals surface area contributed by atoms with Crippen LogP contribution in [0, 0.1) is 0 Å². The number of para-hydroxylation sites is 1. The number of allylic oxidation sites excluding steroid dienone is 1. The second kappa shape index (κ2) is 7.99. The van der Waals surface area contributed by atoms with Crippen LogP contribution in [0.25, 0.3) is 17.0 Å². The minimum atomic E-state index is -0.369. The molecule has 35 heavy (non-hydrogen) atoms. The summed E-state index contributed by atoms with van der Waals surface area (Å²) >= 11 is 0. The zero-order valence-corrected chi connectivity index (χ0v) is 18.6. The number of esters is 1. The number of hydrogen-bond acceptors (Lipinski definition) is 7.